The third-order valence-electron chi connectivity index (χ3n) is 3.66. The number of benzene rings is 1. The normalized spacial score (nSPS) is 13.3. The maximum absolute atomic E-state index is 5.30. The highest BCUT2D eigenvalue weighted by molar-refractivity contribution is 5.28. The maximum Gasteiger partial charge on any atom is 0.119 e. The number of hydrogen-bond acceptors (Lipinski definition) is 2. The molecule has 0 aliphatic carbocycles. The van der Waals surface area contributed by atoms with E-state index in [4.69, 9.17) is 4.74 Å². The van der Waals surface area contributed by atoms with Crippen molar-refractivity contribution in [2.45, 2.75) is 40.5 Å². The van der Waals surface area contributed by atoms with Gasteiger partial charge in [0.25, 0.3) is 0 Å². The minimum absolute atomic E-state index is 0.309. The van der Waals surface area contributed by atoms with E-state index in [-0.39, 0.29) is 0 Å². The summed E-state index contributed by atoms with van der Waals surface area (Å²) in [6.07, 6.45) is 2.29. The first-order valence-corrected chi connectivity index (χ1v) is 7.31. The predicted molar refractivity (Wildman–Crippen MR) is 82.8 cm³/mol. The number of hydrogen-bond donors (Lipinski definition) is 1. The molecule has 1 atom stereocenters. The van der Waals surface area contributed by atoms with E-state index in [9.17, 15) is 0 Å². The molecule has 1 aromatic carbocycles. The zero-order valence-electron chi connectivity index (χ0n) is 13.1. The molecule has 1 aromatic rings. The fraction of sp³-hybridized carbons (Fsp3) is 0.647. The summed E-state index contributed by atoms with van der Waals surface area (Å²) in [6.45, 7) is 11.4. The Labute approximate surface area is 118 Å². The van der Waals surface area contributed by atoms with Gasteiger partial charge in [0.15, 0.2) is 0 Å². The third kappa shape index (κ3) is 5.65. The Morgan fingerprint density at radius 3 is 2.58 bits per heavy atom. The van der Waals surface area contributed by atoms with Gasteiger partial charge in [0.1, 0.15) is 5.75 Å². The van der Waals surface area contributed by atoms with Crippen LogP contribution in [0.5, 0.6) is 5.75 Å². The lowest BCUT2D eigenvalue weighted by Crippen LogP contribution is -2.33. The van der Waals surface area contributed by atoms with E-state index >= 15 is 0 Å². The highest BCUT2D eigenvalue weighted by Gasteiger charge is 2.24. The van der Waals surface area contributed by atoms with Crippen LogP contribution in [0.15, 0.2) is 24.3 Å². The number of nitrogens with one attached hydrogen (secondary N) is 1. The van der Waals surface area contributed by atoms with Crippen molar-refractivity contribution in [2.75, 3.05) is 20.2 Å². The van der Waals surface area contributed by atoms with E-state index in [1.54, 1.807) is 7.11 Å². The second kappa shape index (κ2) is 7.54. The van der Waals surface area contributed by atoms with Gasteiger partial charge in [-0.1, -0.05) is 39.8 Å². The Hall–Kier alpha value is -1.02. The fourth-order valence-corrected chi connectivity index (χ4v) is 2.22. The number of methoxy groups -OCH3 is 1. The molecule has 19 heavy (non-hydrogen) atoms. The molecule has 0 amide bonds. The minimum atomic E-state index is 0.309. The molecule has 0 spiro atoms. The molecule has 0 saturated heterocycles. The topological polar surface area (TPSA) is 21.3 Å². The van der Waals surface area contributed by atoms with Gasteiger partial charge >= 0.3 is 0 Å². The van der Waals surface area contributed by atoms with Crippen LogP contribution >= 0.6 is 0 Å². The van der Waals surface area contributed by atoms with Crippen molar-refractivity contribution >= 4 is 0 Å². The molecule has 1 rings (SSSR count). The molecule has 1 N–H and O–H groups in total. The number of ether oxygens (including phenoxy) is 1. The first kappa shape index (κ1) is 16.0. The Bertz CT molecular complexity index is 368. The SMILES string of the molecule is CCCNCC(Cc1cccc(OC)c1)C(C)(C)C. The van der Waals surface area contributed by atoms with Gasteiger partial charge in [0.2, 0.25) is 0 Å². The molecule has 0 aliphatic rings. The van der Waals surface area contributed by atoms with E-state index in [1.165, 1.54) is 12.0 Å². The van der Waals surface area contributed by atoms with Crippen LogP contribution in [0.25, 0.3) is 0 Å². The average molecular weight is 263 g/mol. The smallest absolute Gasteiger partial charge is 0.119 e. The summed E-state index contributed by atoms with van der Waals surface area (Å²) in [5.74, 6) is 1.58. The molecular weight excluding hydrogens is 234 g/mol. The summed E-state index contributed by atoms with van der Waals surface area (Å²) < 4.78 is 5.30. The molecule has 0 radical (unpaired) electrons. The molecule has 0 heterocycles. The summed E-state index contributed by atoms with van der Waals surface area (Å²) in [7, 11) is 1.73. The van der Waals surface area contributed by atoms with Crippen LogP contribution in [-0.4, -0.2) is 20.2 Å². The van der Waals surface area contributed by atoms with Crippen LogP contribution in [0.3, 0.4) is 0 Å². The number of rotatable bonds is 7. The Morgan fingerprint density at radius 2 is 2.00 bits per heavy atom. The van der Waals surface area contributed by atoms with Gasteiger partial charge in [0.05, 0.1) is 7.11 Å². The van der Waals surface area contributed by atoms with Crippen molar-refractivity contribution in [3.8, 4) is 5.75 Å². The Morgan fingerprint density at radius 1 is 1.26 bits per heavy atom. The van der Waals surface area contributed by atoms with Crippen LogP contribution in [0.2, 0.25) is 0 Å². The van der Waals surface area contributed by atoms with Crippen molar-refractivity contribution in [3.63, 3.8) is 0 Å². The van der Waals surface area contributed by atoms with E-state index in [0.717, 1.165) is 25.3 Å². The van der Waals surface area contributed by atoms with Crippen molar-refractivity contribution in [3.05, 3.63) is 29.8 Å². The monoisotopic (exact) mass is 263 g/mol. The van der Waals surface area contributed by atoms with Gasteiger partial charge in [-0.15, -0.1) is 0 Å². The molecule has 0 saturated carbocycles. The summed E-state index contributed by atoms with van der Waals surface area (Å²) in [5.41, 5.74) is 1.67. The summed E-state index contributed by atoms with van der Waals surface area (Å²) in [6, 6.07) is 8.43. The Balaban J connectivity index is 2.70. The molecule has 108 valence electrons. The van der Waals surface area contributed by atoms with Gasteiger partial charge < -0.3 is 10.1 Å². The standard InChI is InChI=1S/C17H29NO/c1-6-10-18-13-15(17(2,3)4)11-14-8-7-9-16(12-14)19-5/h7-9,12,15,18H,6,10-11,13H2,1-5H3. The predicted octanol–water partition coefficient (Wildman–Crippen LogP) is 3.90. The van der Waals surface area contributed by atoms with Crippen LogP contribution in [0.4, 0.5) is 0 Å². The fourth-order valence-electron chi connectivity index (χ4n) is 2.22. The molecule has 2 nitrogen and oxygen atoms in total. The highest BCUT2D eigenvalue weighted by Crippen LogP contribution is 2.29. The summed E-state index contributed by atoms with van der Waals surface area (Å²) in [5, 5.41) is 3.56. The largest absolute Gasteiger partial charge is 0.497 e. The molecule has 1 unspecified atom stereocenters. The molecular formula is C17H29NO. The van der Waals surface area contributed by atoms with E-state index in [0.29, 0.717) is 11.3 Å². The van der Waals surface area contributed by atoms with Crippen LogP contribution in [0.1, 0.15) is 39.7 Å². The zero-order chi connectivity index (χ0) is 14.3. The molecule has 0 aromatic heterocycles. The minimum Gasteiger partial charge on any atom is -0.497 e. The van der Waals surface area contributed by atoms with Crippen LogP contribution in [-0.2, 0) is 6.42 Å². The van der Waals surface area contributed by atoms with Crippen molar-refractivity contribution < 1.29 is 4.74 Å². The lowest BCUT2D eigenvalue weighted by Gasteiger charge is -2.31. The Kier molecular flexibility index (Phi) is 6.36. The lowest BCUT2D eigenvalue weighted by atomic mass is 9.77. The van der Waals surface area contributed by atoms with Gasteiger partial charge in [-0.05, 0) is 55.0 Å². The lowest BCUT2D eigenvalue weighted by molar-refractivity contribution is 0.231. The summed E-state index contributed by atoms with van der Waals surface area (Å²) in [4.78, 5) is 0. The molecule has 0 bridgehead atoms. The van der Waals surface area contributed by atoms with Gasteiger partial charge in [-0.3, -0.25) is 0 Å². The van der Waals surface area contributed by atoms with Gasteiger partial charge in [-0.2, -0.15) is 0 Å². The first-order chi connectivity index (χ1) is 8.97. The third-order valence-corrected chi connectivity index (χ3v) is 3.66. The zero-order valence-corrected chi connectivity index (χ0v) is 13.1. The van der Waals surface area contributed by atoms with Gasteiger partial charge in [0, 0.05) is 0 Å². The van der Waals surface area contributed by atoms with E-state index < -0.39 is 0 Å². The highest BCUT2D eigenvalue weighted by atomic mass is 16.5. The van der Waals surface area contributed by atoms with Crippen LogP contribution in [0, 0.1) is 11.3 Å². The average Bonchev–Trinajstić information content (AvgIpc) is 2.37. The quantitative estimate of drug-likeness (QED) is 0.753. The molecule has 0 aliphatic heterocycles. The van der Waals surface area contributed by atoms with Crippen molar-refractivity contribution in [2.24, 2.45) is 11.3 Å². The second-order valence-corrected chi connectivity index (χ2v) is 6.32. The van der Waals surface area contributed by atoms with Crippen molar-refractivity contribution in [1.82, 2.24) is 5.32 Å². The summed E-state index contributed by atoms with van der Waals surface area (Å²) >= 11 is 0. The van der Waals surface area contributed by atoms with Crippen LogP contribution < -0.4 is 10.1 Å². The molecule has 2 heteroatoms. The second-order valence-electron chi connectivity index (χ2n) is 6.32. The maximum atomic E-state index is 5.30. The van der Waals surface area contributed by atoms with E-state index in [1.807, 2.05) is 6.07 Å². The van der Waals surface area contributed by atoms with E-state index in [2.05, 4.69) is 51.2 Å². The molecule has 0 fully saturated rings. The van der Waals surface area contributed by atoms with Crippen molar-refractivity contribution in [1.29, 1.82) is 0 Å². The van der Waals surface area contributed by atoms with Gasteiger partial charge in [-0.25, -0.2) is 0 Å². The first-order valence-electron chi connectivity index (χ1n) is 7.31.